The molecule has 1 atom stereocenters. The summed E-state index contributed by atoms with van der Waals surface area (Å²) in [7, 11) is 0. The van der Waals surface area contributed by atoms with Gasteiger partial charge in [0.25, 0.3) is 5.69 Å². The van der Waals surface area contributed by atoms with E-state index in [-0.39, 0.29) is 18.3 Å². The van der Waals surface area contributed by atoms with E-state index in [2.05, 4.69) is 15.3 Å². The first-order chi connectivity index (χ1) is 11.6. The summed E-state index contributed by atoms with van der Waals surface area (Å²) in [6.45, 7) is 1.52. The molecule has 0 bridgehead atoms. The molecular formula is C17H18N4O3. The quantitative estimate of drug-likeness (QED) is 0.477. The van der Waals surface area contributed by atoms with E-state index in [0.717, 1.165) is 16.5 Å². The number of aliphatic hydroxyl groups is 1. The number of pyridine rings is 1. The number of hydrogen-bond acceptors (Lipinski definition) is 5. The lowest BCUT2D eigenvalue weighted by Crippen LogP contribution is -2.26. The zero-order valence-corrected chi connectivity index (χ0v) is 13.2. The highest BCUT2D eigenvalue weighted by Gasteiger charge is 2.15. The van der Waals surface area contributed by atoms with Crippen molar-refractivity contribution in [3.8, 4) is 0 Å². The van der Waals surface area contributed by atoms with Crippen LogP contribution in [-0.2, 0) is 6.42 Å². The number of nitrogens with one attached hydrogen (secondary N) is 2. The van der Waals surface area contributed by atoms with Gasteiger partial charge in [-0.1, -0.05) is 18.2 Å². The molecule has 0 aliphatic rings. The Hall–Kier alpha value is -2.93. The number of nitrogens with zero attached hydrogens (tertiary/aromatic N) is 2. The van der Waals surface area contributed by atoms with Gasteiger partial charge in [-0.15, -0.1) is 0 Å². The van der Waals surface area contributed by atoms with Crippen LogP contribution in [0.3, 0.4) is 0 Å². The molecule has 3 N–H and O–H groups in total. The summed E-state index contributed by atoms with van der Waals surface area (Å²) in [5.74, 6) is 0.511. The molecular weight excluding hydrogens is 308 g/mol. The molecule has 3 rings (SSSR count). The molecule has 124 valence electrons. The molecule has 1 aromatic carbocycles. The summed E-state index contributed by atoms with van der Waals surface area (Å²) < 4.78 is 0. The van der Waals surface area contributed by atoms with Crippen LogP contribution in [0.25, 0.3) is 10.9 Å². The molecule has 24 heavy (non-hydrogen) atoms. The van der Waals surface area contributed by atoms with Crippen molar-refractivity contribution in [3.05, 3.63) is 64.0 Å². The van der Waals surface area contributed by atoms with Crippen LogP contribution in [0.1, 0.15) is 11.3 Å². The third-order valence-corrected chi connectivity index (χ3v) is 3.97. The van der Waals surface area contributed by atoms with Gasteiger partial charge in [0.15, 0.2) is 0 Å². The fourth-order valence-electron chi connectivity index (χ4n) is 2.76. The van der Waals surface area contributed by atoms with E-state index in [1.807, 2.05) is 30.5 Å². The van der Waals surface area contributed by atoms with E-state index >= 15 is 0 Å². The predicted octanol–water partition coefficient (Wildman–Crippen LogP) is 2.80. The van der Waals surface area contributed by atoms with Crippen LogP contribution in [0.5, 0.6) is 0 Å². The van der Waals surface area contributed by atoms with E-state index in [1.54, 1.807) is 13.0 Å². The number of nitro groups is 1. The number of aromatic nitrogens is 2. The van der Waals surface area contributed by atoms with E-state index in [9.17, 15) is 15.2 Å². The van der Waals surface area contributed by atoms with Gasteiger partial charge in [0.2, 0.25) is 0 Å². The van der Waals surface area contributed by atoms with Crippen LogP contribution in [-0.4, -0.2) is 32.6 Å². The number of aryl methyl sites for hydroxylation is 1. The van der Waals surface area contributed by atoms with Crippen LogP contribution >= 0.6 is 0 Å². The number of H-pyrrole nitrogens is 1. The number of anilines is 1. The normalized spacial score (nSPS) is 12.2. The first kappa shape index (κ1) is 15.9. The topological polar surface area (TPSA) is 104 Å². The van der Waals surface area contributed by atoms with Crippen LogP contribution in [0.2, 0.25) is 0 Å². The molecule has 0 aliphatic carbocycles. The summed E-state index contributed by atoms with van der Waals surface area (Å²) in [5, 5.41) is 24.8. The zero-order valence-electron chi connectivity index (χ0n) is 13.2. The summed E-state index contributed by atoms with van der Waals surface area (Å²) in [5.41, 5.74) is 2.47. The summed E-state index contributed by atoms with van der Waals surface area (Å²) in [6, 6.07) is 10.7. The molecule has 2 aromatic heterocycles. The predicted molar refractivity (Wildman–Crippen MR) is 92.1 cm³/mol. The highest BCUT2D eigenvalue weighted by atomic mass is 16.6. The van der Waals surface area contributed by atoms with Gasteiger partial charge in [-0.05, 0) is 31.0 Å². The third kappa shape index (κ3) is 3.21. The first-order valence-corrected chi connectivity index (χ1v) is 7.63. The average Bonchev–Trinajstić information content (AvgIpc) is 2.97. The van der Waals surface area contributed by atoms with Gasteiger partial charge in [-0.2, -0.15) is 0 Å². The molecule has 0 saturated heterocycles. The van der Waals surface area contributed by atoms with E-state index in [0.29, 0.717) is 17.9 Å². The Labute approximate surface area is 138 Å². The Kier molecular flexibility index (Phi) is 4.43. The standard InChI is InChI=1S/C17H18N4O3/c1-11-16(21(23)24)6-7-17(19-11)20-13(10-22)8-12-9-18-15-5-3-2-4-14(12)15/h2-7,9,13,18,22H,8,10H2,1H3,(H,19,20)/t13-/m1/s1. The zero-order chi connectivity index (χ0) is 17.1. The van der Waals surface area contributed by atoms with Gasteiger partial charge in [-0.3, -0.25) is 10.1 Å². The number of para-hydroxylation sites is 1. The maximum absolute atomic E-state index is 10.8. The number of aromatic amines is 1. The van der Waals surface area contributed by atoms with Crippen LogP contribution in [0.4, 0.5) is 11.5 Å². The van der Waals surface area contributed by atoms with Gasteiger partial charge >= 0.3 is 0 Å². The van der Waals surface area contributed by atoms with Gasteiger partial charge in [0, 0.05) is 23.2 Å². The fraction of sp³-hybridized carbons (Fsp3) is 0.235. The second-order valence-electron chi connectivity index (χ2n) is 5.65. The molecule has 7 nitrogen and oxygen atoms in total. The minimum Gasteiger partial charge on any atom is -0.394 e. The average molecular weight is 326 g/mol. The van der Waals surface area contributed by atoms with Gasteiger partial charge in [0.05, 0.1) is 17.6 Å². The van der Waals surface area contributed by atoms with Crippen molar-refractivity contribution < 1.29 is 10.0 Å². The van der Waals surface area contributed by atoms with Crippen LogP contribution in [0, 0.1) is 17.0 Å². The Balaban J connectivity index is 1.77. The maximum Gasteiger partial charge on any atom is 0.290 e. The summed E-state index contributed by atoms with van der Waals surface area (Å²) in [4.78, 5) is 17.8. The molecule has 0 fully saturated rings. The minimum atomic E-state index is -0.457. The molecule has 0 aliphatic heterocycles. The maximum atomic E-state index is 10.8. The van der Waals surface area contributed by atoms with Crippen molar-refractivity contribution in [3.63, 3.8) is 0 Å². The minimum absolute atomic E-state index is 0.0160. The third-order valence-electron chi connectivity index (χ3n) is 3.97. The number of rotatable bonds is 6. The molecule has 0 amide bonds. The van der Waals surface area contributed by atoms with E-state index in [4.69, 9.17) is 0 Å². The van der Waals surface area contributed by atoms with Crippen molar-refractivity contribution in [1.82, 2.24) is 9.97 Å². The molecule has 2 heterocycles. The Morgan fingerprint density at radius 3 is 2.83 bits per heavy atom. The molecule has 0 spiro atoms. The van der Waals surface area contributed by atoms with E-state index < -0.39 is 4.92 Å². The Bertz CT molecular complexity index is 875. The number of hydrogen-bond donors (Lipinski definition) is 3. The molecule has 0 unspecified atom stereocenters. The Morgan fingerprint density at radius 2 is 2.12 bits per heavy atom. The second kappa shape index (κ2) is 6.67. The monoisotopic (exact) mass is 326 g/mol. The smallest absolute Gasteiger partial charge is 0.290 e. The summed E-state index contributed by atoms with van der Waals surface area (Å²) in [6.07, 6.45) is 2.54. The molecule has 0 saturated carbocycles. The fourth-order valence-corrected chi connectivity index (χ4v) is 2.76. The lowest BCUT2D eigenvalue weighted by Gasteiger charge is -2.17. The van der Waals surface area contributed by atoms with Gasteiger partial charge in [-0.25, -0.2) is 4.98 Å². The van der Waals surface area contributed by atoms with E-state index in [1.165, 1.54) is 6.07 Å². The van der Waals surface area contributed by atoms with Gasteiger partial charge in [0.1, 0.15) is 11.5 Å². The second-order valence-corrected chi connectivity index (χ2v) is 5.65. The van der Waals surface area contributed by atoms with Gasteiger partial charge < -0.3 is 15.4 Å². The lowest BCUT2D eigenvalue weighted by molar-refractivity contribution is -0.385. The van der Waals surface area contributed by atoms with Crippen LogP contribution in [0.15, 0.2) is 42.6 Å². The number of aliphatic hydroxyl groups excluding tert-OH is 1. The van der Waals surface area contributed by atoms with Crippen molar-refractivity contribution in [2.45, 2.75) is 19.4 Å². The van der Waals surface area contributed by atoms with Crippen molar-refractivity contribution in [1.29, 1.82) is 0 Å². The van der Waals surface area contributed by atoms with Crippen molar-refractivity contribution in [2.75, 3.05) is 11.9 Å². The van der Waals surface area contributed by atoms with Crippen molar-refractivity contribution >= 4 is 22.4 Å². The largest absolute Gasteiger partial charge is 0.394 e. The summed E-state index contributed by atoms with van der Waals surface area (Å²) >= 11 is 0. The lowest BCUT2D eigenvalue weighted by atomic mass is 10.1. The molecule has 0 radical (unpaired) electrons. The SMILES string of the molecule is Cc1nc(N[C@@H](CO)Cc2c[nH]c3ccccc23)ccc1[N+](=O)[O-]. The highest BCUT2D eigenvalue weighted by molar-refractivity contribution is 5.83. The molecule has 3 aromatic rings. The van der Waals surface area contributed by atoms with Crippen LogP contribution < -0.4 is 5.32 Å². The first-order valence-electron chi connectivity index (χ1n) is 7.63. The number of fused-ring (bicyclic) bond motifs is 1. The highest BCUT2D eigenvalue weighted by Crippen LogP contribution is 2.21. The Morgan fingerprint density at radius 1 is 1.33 bits per heavy atom. The molecule has 7 heteroatoms. The number of benzene rings is 1. The van der Waals surface area contributed by atoms with Crippen molar-refractivity contribution in [2.24, 2.45) is 0 Å².